The highest BCUT2D eigenvalue weighted by Crippen LogP contribution is 2.01. The maximum atomic E-state index is 9.07. The van der Waals surface area contributed by atoms with Crippen molar-refractivity contribution in [3.05, 3.63) is 35.9 Å². The van der Waals surface area contributed by atoms with E-state index in [4.69, 9.17) is 16.9 Å². The first-order chi connectivity index (χ1) is 5.33. The van der Waals surface area contributed by atoms with Crippen molar-refractivity contribution < 1.29 is 5.11 Å². The van der Waals surface area contributed by atoms with Crippen LogP contribution in [0.4, 0.5) is 0 Å². The van der Waals surface area contributed by atoms with E-state index in [2.05, 4.69) is 4.84 Å². The Labute approximate surface area is 70.9 Å². The summed E-state index contributed by atoms with van der Waals surface area (Å²) >= 11 is 5.20. The number of benzene rings is 1. The van der Waals surface area contributed by atoms with Gasteiger partial charge in [-0.15, -0.1) is 0 Å². The normalized spacial score (nSPS) is 12.9. The third kappa shape index (κ3) is 2.89. The zero-order chi connectivity index (χ0) is 8.10. The van der Waals surface area contributed by atoms with Crippen molar-refractivity contribution in [2.45, 2.75) is 12.6 Å². The number of hydrogen-bond donors (Lipinski definition) is 2. The highest BCUT2D eigenvalue weighted by Gasteiger charge is 2.00. The lowest BCUT2D eigenvalue weighted by molar-refractivity contribution is 0.165. The average molecular weight is 172 g/mol. The van der Waals surface area contributed by atoms with E-state index >= 15 is 0 Å². The molecule has 1 aromatic carbocycles. The van der Waals surface area contributed by atoms with Gasteiger partial charge in [-0.1, -0.05) is 30.3 Å². The smallest absolute Gasteiger partial charge is 0.122 e. The van der Waals surface area contributed by atoms with Gasteiger partial charge in [0.25, 0.3) is 0 Å². The third-order valence-corrected chi connectivity index (χ3v) is 1.65. The summed E-state index contributed by atoms with van der Waals surface area (Å²) < 4.78 is 0. The van der Waals surface area contributed by atoms with Crippen LogP contribution < -0.4 is 4.84 Å². The Morgan fingerprint density at radius 1 is 1.36 bits per heavy atom. The van der Waals surface area contributed by atoms with Gasteiger partial charge in [0, 0.05) is 6.42 Å². The third-order valence-electron chi connectivity index (χ3n) is 1.40. The molecule has 0 spiro atoms. The summed E-state index contributed by atoms with van der Waals surface area (Å²) in [4.78, 5) is 2.24. The molecule has 1 unspecified atom stereocenters. The summed E-state index contributed by atoms with van der Waals surface area (Å²) in [5, 5.41) is 9.07. The second kappa shape index (κ2) is 4.34. The lowest BCUT2D eigenvalue weighted by atomic mass is 10.1. The van der Waals surface area contributed by atoms with Gasteiger partial charge in [-0.2, -0.15) is 0 Å². The second-order valence-electron chi connectivity index (χ2n) is 2.31. The second-order valence-corrected chi connectivity index (χ2v) is 2.53. The topological polar surface area (TPSA) is 32.3 Å². The van der Waals surface area contributed by atoms with E-state index in [1.54, 1.807) is 0 Å². The van der Waals surface area contributed by atoms with Crippen LogP contribution in [0.2, 0.25) is 0 Å². The van der Waals surface area contributed by atoms with Crippen LogP contribution in [0.3, 0.4) is 0 Å². The van der Waals surface area contributed by atoms with Crippen molar-refractivity contribution in [2.24, 2.45) is 0 Å². The molecule has 2 N–H and O–H groups in total. The van der Waals surface area contributed by atoms with Crippen LogP contribution in [-0.2, 0) is 6.42 Å². The molecule has 11 heavy (non-hydrogen) atoms. The molecule has 60 valence electrons. The Bertz CT molecular complexity index is 203. The highest BCUT2D eigenvalue weighted by atomic mass is 35.5. The van der Waals surface area contributed by atoms with E-state index < -0.39 is 6.23 Å². The number of aliphatic hydroxyl groups excluding tert-OH is 1. The van der Waals surface area contributed by atoms with E-state index in [0.29, 0.717) is 6.42 Å². The SMILES string of the molecule is OC(Cc1ccccc1)NCl. The van der Waals surface area contributed by atoms with Crippen molar-refractivity contribution >= 4 is 11.8 Å². The lowest BCUT2D eigenvalue weighted by Crippen LogP contribution is -2.22. The van der Waals surface area contributed by atoms with Crippen molar-refractivity contribution in [2.75, 3.05) is 0 Å². The standard InChI is InChI=1S/C8H10ClNO/c9-10-8(11)6-7-4-2-1-3-5-7/h1-5,8,10-11H,6H2. The number of halogens is 1. The van der Waals surface area contributed by atoms with Gasteiger partial charge >= 0.3 is 0 Å². The van der Waals surface area contributed by atoms with Crippen LogP contribution >= 0.6 is 11.8 Å². The first kappa shape index (κ1) is 8.53. The van der Waals surface area contributed by atoms with E-state index in [1.165, 1.54) is 0 Å². The zero-order valence-electron chi connectivity index (χ0n) is 6.00. The molecule has 0 amide bonds. The maximum absolute atomic E-state index is 9.07. The Morgan fingerprint density at radius 2 is 2.00 bits per heavy atom. The molecular formula is C8H10ClNO. The summed E-state index contributed by atoms with van der Waals surface area (Å²) in [5.41, 5.74) is 1.06. The van der Waals surface area contributed by atoms with Crippen molar-refractivity contribution in [3.63, 3.8) is 0 Å². The predicted molar refractivity (Wildman–Crippen MR) is 45.1 cm³/mol. The van der Waals surface area contributed by atoms with Gasteiger partial charge in [0.05, 0.1) is 0 Å². The van der Waals surface area contributed by atoms with Gasteiger partial charge in [0.2, 0.25) is 0 Å². The lowest BCUT2D eigenvalue weighted by Gasteiger charge is -2.06. The summed E-state index contributed by atoms with van der Waals surface area (Å²) in [6.07, 6.45) is -0.135. The molecule has 0 saturated carbocycles. The van der Waals surface area contributed by atoms with Crippen LogP contribution in [0.15, 0.2) is 30.3 Å². The van der Waals surface area contributed by atoms with Gasteiger partial charge in [-0.3, -0.25) is 0 Å². The Morgan fingerprint density at radius 3 is 2.55 bits per heavy atom. The summed E-state index contributed by atoms with van der Waals surface area (Å²) in [6.45, 7) is 0. The average Bonchev–Trinajstić information content (AvgIpc) is 2.06. The molecule has 0 fully saturated rings. The number of hydrogen-bond acceptors (Lipinski definition) is 2. The molecule has 0 aliphatic carbocycles. The fourth-order valence-electron chi connectivity index (χ4n) is 0.876. The largest absolute Gasteiger partial charge is 0.377 e. The van der Waals surface area contributed by atoms with Gasteiger partial charge in [-0.05, 0) is 17.3 Å². The molecule has 1 aromatic rings. The molecule has 0 saturated heterocycles. The fraction of sp³-hybridized carbons (Fsp3) is 0.250. The molecule has 3 heteroatoms. The monoisotopic (exact) mass is 171 g/mol. The minimum absolute atomic E-state index is 0.532. The van der Waals surface area contributed by atoms with Crippen LogP contribution in [-0.4, -0.2) is 11.3 Å². The van der Waals surface area contributed by atoms with Crippen molar-refractivity contribution in [1.29, 1.82) is 0 Å². The van der Waals surface area contributed by atoms with E-state index in [-0.39, 0.29) is 0 Å². The van der Waals surface area contributed by atoms with Crippen LogP contribution in [0, 0.1) is 0 Å². The molecule has 0 bridgehead atoms. The molecule has 1 atom stereocenters. The number of nitrogens with one attached hydrogen (secondary N) is 1. The first-order valence-corrected chi connectivity index (χ1v) is 3.79. The van der Waals surface area contributed by atoms with Gasteiger partial charge < -0.3 is 5.11 Å². The Balaban J connectivity index is 2.51. The van der Waals surface area contributed by atoms with Crippen LogP contribution in [0.25, 0.3) is 0 Å². The van der Waals surface area contributed by atoms with E-state index in [9.17, 15) is 0 Å². The minimum Gasteiger partial charge on any atom is -0.377 e. The molecule has 0 heterocycles. The fourth-order valence-corrected chi connectivity index (χ4v) is 0.953. The number of aliphatic hydroxyl groups is 1. The van der Waals surface area contributed by atoms with Gasteiger partial charge in [-0.25, -0.2) is 4.84 Å². The quantitative estimate of drug-likeness (QED) is 0.531. The maximum Gasteiger partial charge on any atom is 0.122 e. The molecule has 0 radical (unpaired) electrons. The van der Waals surface area contributed by atoms with Crippen molar-refractivity contribution in [3.8, 4) is 0 Å². The summed E-state index contributed by atoms with van der Waals surface area (Å²) in [5.74, 6) is 0. The Kier molecular flexibility index (Phi) is 3.36. The molecule has 0 aliphatic heterocycles. The highest BCUT2D eigenvalue weighted by molar-refractivity contribution is 6.13. The minimum atomic E-state index is -0.668. The van der Waals surface area contributed by atoms with Crippen LogP contribution in [0.1, 0.15) is 5.56 Å². The van der Waals surface area contributed by atoms with Gasteiger partial charge in [0.15, 0.2) is 0 Å². The summed E-state index contributed by atoms with van der Waals surface area (Å²) in [6, 6.07) is 9.67. The van der Waals surface area contributed by atoms with Crippen molar-refractivity contribution in [1.82, 2.24) is 4.84 Å². The van der Waals surface area contributed by atoms with Gasteiger partial charge in [0.1, 0.15) is 6.23 Å². The molecule has 1 rings (SSSR count). The zero-order valence-corrected chi connectivity index (χ0v) is 6.75. The Hall–Kier alpha value is -0.570. The van der Waals surface area contributed by atoms with E-state index in [0.717, 1.165) is 5.56 Å². The van der Waals surface area contributed by atoms with Crippen LogP contribution in [0.5, 0.6) is 0 Å². The van der Waals surface area contributed by atoms with E-state index in [1.807, 2.05) is 30.3 Å². The molecular weight excluding hydrogens is 162 g/mol. The molecule has 0 aliphatic rings. The molecule has 0 aromatic heterocycles. The first-order valence-electron chi connectivity index (χ1n) is 3.41. The summed E-state index contributed by atoms with van der Waals surface area (Å²) in [7, 11) is 0. The molecule has 2 nitrogen and oxygen atoms in total. The predicted octanol–water partition coefficient (Wildman–Crippen LogP) is 1.29. The number of rotatable bonds is 3.